The van der Waals surface area contributed by atoms with Crippen molar-refractivity contribution in [2.75, 3.05) is 0 Å². The van der Waals surface area contributed by atoms with E-state index in [1.165, 1.54) is 12.8 Å². The molecule has 4 rings (SSSR count). The van der Waals surface area contributed by atoms with Gasteiger partial charge in [-0.1, -0.05) is 17.3 Å². The number of rotatable bonds is 4. The molecule has 2 heterocycles. The number of hydrogen-bond acceptors (Lipinski definition) is 5. The van der Waals surface area contributed by atoms with Crippen LogP contribution in [-0.2, 0) is 6.54 Å². The minimum absolute atomic E-state index is 0.660. The van der Waals surface area contributed by atoms with Crippen molar-refractivity contribution in [2.24, 2.45) is 0 Å². The van der Waals surface area contributed by atoms with E-state index >= 15 is 0 Å². The van der Waals surface area contributed by atoms with Crippen molar-refractivity contribution in [3.05, 3.63) is 42.4 Å². The number of fused-ring (bicyclic) bond motifs is 1. The van der Waals surface area contributed by atoms with Gasteiger partial charge in [-0.25, -0.2) is 4.98 Å². The van der Waals surface area contributed by atoms with Crippen LogP contribution in [0.25, 0.3) is 16.9 Å². The number of nitrogens with one attached hydrogen (secondary N) is 1. The molecule has 3 aromatic rings. The highest BCUT2D eigenvalue weighted by molar-refractivity contribution is 5.75. The van der Waals surface area contributed by atoms with E-state index in [0.29, 0.717) is 11.9 Å². The molecule has 6 nitrogen and oxygen atoms in total. The zero-order valence-electron chi connectivity index (χ0n) is 10.9. The van der Waals surface area contributed by atoms with E-state index < -0.39 is 0 Å². The van der Waals surface area contributed by atoms with Gasteiger partial charge < -0.3 is 5.32 Å². The smallest absolute Gasteiger partial charge is 0.174 e. The lowest BCUT2D eigenvalue weighted by Crippen LogP contribution is -2.17. The Balaban J connectivity index is 1.68. The van der Waals surface area contributed by atoms with Crippen LogP contribution in [0.2, 0.25) is 0 Å². The van der Waals surface area contributed by atoms with Gasteiger partial charge in [0.25, 0.3) is 0 Å². The van der Waals surface area contributed by atoms with Crippen LogP contribution in [0.1, 0.15) is 18.5 Å². The first-order chi connectivity index (χ1) is 9.90. The third kappa shape index (κ3) is 2.14. The average molecular weight is 266 g/mol. The first kappa shape index (κ1) is 11.5. The van der Waals surface area contributed by atoms with Gasteiger partial charge in [-0.15, -0.1) is 5.10 Å². The molecule has 20 heavy (non-hydrogen) atoms. The molecule has 0 unspecified atom stereocenters. The molecule has 0 bridgehead atoms. The van der Waals surface area contributed by atoms with Gasteiger partial charge in [0.15, 0.2) is 5.82 Å². The molecule has 0 saturated heterocycles. The number of aromatic nitrogens is 5. The van der Waals surface area contributed by atoms with Crippen LogP contribution in [0.5, 0.6) is 0 Å². The Morgan fingerprint density at radius 1 is 1.20 bits per heavy atom. The summed E-state index contributed by atoms with van der Waals surface area (Å²) in [5, 5.41) is 11.7. The molecule has 6 heteroatoms. The number of nitrogens with zero attached hydrogens (tertiary/aromatic N) is 5. The summed E-state index contributed by atoms with van der Waals surface area (Å²) in [5.74, 6) is 0.703. The molecule has 1 N–H and O–H groups in total. The monoisotopic (exact) mass is 266 g/mol. The molecule has 100 valence electrons. The molecule has 1 aliphatic rings. The second-order valence-electron chi connectivity index (χ2n) is 5.01. The first-order valence-corrected chi connectivity index (χ1v) is 6.75. The lowest BCUT2D eigenvalue weighted by Gasteiger charge is -2.05. The third-order valence-electron chi connectivity index (χ3n) is 3.39. The summed E-state index contributed by atoms with van der Waals surface area (Å²) < 4.78 is 1.73. The van der Waals surface area contributed by atoms with Gasteiger partial charge in [0.2, 0.25) is 0 Å². The molecule has 1 aliphatic carbocycles. The molecule has 0 spiro atoms. The third-order valence-corrected chi connectivity index (χ3v) is 3.39. The summed E-state index contributed by atoms with van der Waals surface area (Å²) >= 11 is 0. The van der Waals surface area contributed by atoms with Crippen molar-refractivity contribution in [3.8, 4) is 5.82 Å². The normalized spacial score (nSPS) is 14.8. The van der Waals surface area contributed by atoms with Gasteiger partial charge in [0.1, 0.15) is 5.52 Å². The fourth-order valence-electron chi connectivity index (χ4n) is 2.16. The fraction of sp³-hybridized carbons (Fsp3) is 0.286. The van der Waals surface area contributed by atoms with Crippen molar-refractivity contribution in [1.29, 1.82) is 0 Å². The van der Waals surface area contributed by atoms with E-state index in [0.717, 1.165) is 23.3 Å². The first-order valence-electron chi connectivity index (χ1n) is 6.75. The summed E-state index contributed by atoms with van der Waals surface area (Å²) in [7, 11) is 0. The molecular weight excluding hydrogens is 252 g/mol. The summed E-state index contributed by atoms with van der Waals surface area (Å²) in [6.07, 6.45) is 6.03. The molecule has 1 saturated carbocycles. The number of hydrogen-bond donors (Lipinski definition) is 1. The molecule has 0 amide bonds. The molecular formula is C14H14N6. The van der Waals surface area contributed by atoms with E-state index in [1.54, 1.807) is 17.1 Å². The zero-order valence-corrected chi connectivity index (χ0v) is 10.9. The Labute approximate surface area is 115 Å². The Kier molecular flexibility index (Phi) is 2.67. The zero-order chi connectivity index (χ0) is 13.4. The Hall–Kier alpha value is -2.34. The minimum atomic E-state index is 0.660. The molecule has 1 fully saturated rings. The van der Waals surface area contributed by atoms with Gasteiger partial charge in [0, 0.05) is 18.8 Å². The summed E-state index contributed by atoms with van der Waals surface area (Å²) in [5.41, 5.74) is 2.72. The minimum Gasteiger partial charge on any atom is -0.308 e. The lowest BCUT2D eigenvalue weighted by atomic mass is 10.3. The second kappa shape index (κ2) is 4.64. The van der Waals surface area contributed by atoms with Gasteiger partial charge >= 0.3 is 0 Å². The van der Waals surface area contributed by atoms with Crippen molar-refractivity contribution in [1.82, 2.24) is 30.3 Å². The van der Waals surface area contributed by atoms with Crippen LogP contribution in [-0.4, -0.2) is 31.0 Å². The molecule has 0 radical (unpaired) electrons. The van der Waals surface area contributed by atoms with Crippen LogP contribution < -0.4 is 5.32 Å². The van der Waals surface area contributed by atoms with Crippen LogP contribution >= 0.6 is 0 Å². The Morgan fingerprint density at radius 3 is 3.00 bits per heavy atom. The van der Waals surface area contributed by atoms with E-state index in [9.17, 15) is 0 Å². The fourth-order valence-corrected chi connectivity index (χ4v) is 2.16. The summed E-state index contributed by atoms with van der Waals surface area (Å²) in [6.45, 7) is 0.748. The van der Waals surface area contributed by atoms with Crippen LogP contribution in [0.3, 0.4) is 0 Å². The highest BCUT2D eigenvalue weighted by Gasteiger charge is 2.20. The molecule has 2 aromatic heterocycles. The second-order valence-corrected chi connectivity index (χ2v) is 5.01. The van der Waals surface area contributed by atoms with Gasteiger partial charge in [-0.05, 0) is 25.0 Å². The van der Waals surface area contributed by atoms with Crippen molar-refractivity contribution < 1.29 is 0 Å². The van der Waals surface area contributed by atoms with Crippen LogP contribution in [0.15, 0.2) is 36.7 Å². The van der Waals surface area contributed by atoms with Crippen molar-refractivity contribution in [3.63, 3.8) is 0 Å². The van der Waals surface area contributed by atoms with E-state index in [4.69, 9.17) is 0 Å². The maximum Gasteiger partial charge on any atom is 0.174 e. The maximum atomic E-state index is 4.60. The summed E-state index contributed by atoms with van der Waals surface area (Å²) in [6, 6.07) is 8.49. The maximum absolute atomic E-state index is 4.60. The summed E-state index contributed by atoms with van der Waals surface area (Å²) in [4.78, 5) is 8.86. The quantitative estimate of drug-likeness (QED) is 0.774. The largest absolute Gasteiger partial charge is 0.308 e. The van der Waals surface area contributed by atoms with Gasteiger partial charge in [0.05, 0.1) is 17.4 Å². The van der Waals surface area contributed by atoms with Gasteiger partial charge in [-0.3, -0.25) is 4.98 Å². The van der Waals surface area contributed by atoms with Gasteiger partial charge in [-0.2, -0.15) is 4.68 Å². The molecule has 0 aliphatic heterocycles. The predicted molar refractivity (Wildman–Crippen MR) is 74.3 cm³/mol. The van der Waals surface area contributed by atoms with E-state index in [1.807, 2.05) is 24.3 Å². The number of benzene rings is 1. The van der Waals surface area contributed by atoms with Crippen LogP contribution in [0, 0.1) is 0 Å². The van der Waals surface area contributed by atoms with E-state index in [-0.39, 0.29) is 0 Å². The SMILES string of the molecule is c1ccc2c(c1)nnn2-c1cncc(CNC2CC2)n1. The van der Waals surface area contributed by atoms with Crippen molar-refractivity contribution in [2.45, 2.75) is 25.4 Å². The predicted octanol–water partition coefficient (Wildman–Crippen LogP) is 1.46. The Morgan fingerprint density at radius 2 is 2.10 bits per heavy atom. The standard InChI is InChI=1S/C14H14N6/c1-2-4-13-12(3-1)18-19-20(13)14-9-15-7-11(17-14)8-16-10-5-6-10/h1-4,7,9-10,16H,5-6,8H2. The lowest BCUT2D eigenvalue weighted by molar-refractivity contribution is 0.666. The average Bonchev–Trinajstić information content (AvgIpc) is 3.23. The topological polar surface area (TPSA) is 68.5 Å². The van der Waals surface area contributed by atoms with Crippen LogP contribution in [0.4, 0.5) is 0 Å². The number of para-hydroxylation sites is 1. The van der Waals surface area contributed by atoms with Crippen molar-refractivity contribution >= 4 is 11.0 Å². The molecule has 0 atom stereocenters. The highest BCUT2D eigenvalue weighted by atomic mass is 15.4. The van der Waals surface area contributed by atoms with E-state index in [2.05, 4.69) is 25.6 Å². The molecule has 1 aromatic carbocycles. The Bertz CT molecular complexity index is 746. The highest BCUT2D eigenvalue weighted by Crippen LogP contribution is 2.19.